The van der Waals surface area contributed by atoms with Gasteiger partial charge in [-0.2, -0.15) is 0 Å². The monoisotopic (exact) mass is 502 g/mol. The number of nitrogens with one attached hydrogen (secondary N) is 2. The highest BCUT2D eigenvalue weighted by Crippen LogP contribution is 2.45. The number of furan rings is 1. The van der Waals surface area contributed by atoms with Gasteiger partial charge in [-0.25, -0.2) is 15.2 Å². The number of carbonyl (C=O) groups is 2. The molecule has 1 saturated heterocycles. The predicted octanol–water partition coefficient (Wildman–Crippen LogP) is 5.51. The largest absolute Gasteiger partial charge is 0.469 e. The number of amides is 1. The molecule has 36 heavy (non-hydrogen) atoms. The van der Waals surface area contributed by atoms with Crippen LogP contribution in [0.1, 0.15) is 73.5 Å². The topological polar surface area (TPSA) is 106 Å². The Hall–Kier alpha value is -2.81. The van der Waals surface area contributed by atoms with Crippen LogP contribution in [0.4, 0.5) is 10.5 Å². The van der Waals surface area contributed by atoms with Gasteiger partial charge in [0.15, 0.2) is 0 Å². The van der Waals surface area contributed by atoms with Crippen molar-refractivity contribution in [1.29, 1.82) is 0 Å². The van der Waals surface area contributed by atoms with E-state index in [0.29, 0.717) is 30.4 Å². The number of pyridine rings is 1. The first-order valence-electron chi connectivity index (χ1n) is 12.7. The summed E-state index contributed by atoms with van der Waals surface area (Å²) in [5.74, 6) is 0.997. The number of methoxy groups -OCH3 is 1. The lowest BCUT2D eigenvalue weighted by Crippen LogP contribution is -2.53. The lowest BCUT2D eigenvalue weighted by Gasteiger charge is -2.48. The Bertz CT molecular complexity index is 1070. The molecule has 9 heteroatoms. The summed E-state index contributed by atoms with van der Waals surface area (Å²) < 4.78 is 16.6. The van der Waals surface area contributed by atoms with Crippen molar-refractivity contribution in [2.45, 2.75) is 79.9 Å². The first-order valence-corrected chi connectivity index (χ1v) is 12.7. The van der Waals surface area contributed by atoms with Crippen LogP contribution in [0.2, 0.25) is 0 Å². The number of hydrogen-bond donors (Lipinski definition) is 2. The van der Waals surface area contributed by atoms with E-state index in [0.717, 1.165) is 37.0 Å². The fraction of sp³-hybridized carbons (Fsp3) is 0.667. The maximum absolute atomic E-state index is 13.0. The van der Waals surface area contributed by atoms with Gasteiger partial charge >= 0.3 is 12.1 Å². The molecule has 1 aliphatic rings. The van der Waals surface area contributed by atoms with Crippen molar-refractivity contribution in [2.24, 2.45) is 16.7 Å². The van der Waals surface area contributed by atoms with Gasteiger partial charge in [0.2, 0.25) is 5.71 Å². The standard InChI is InChI=1S/C27H42N4O5/c1-9-10-27(23(32)34-8)13-19(25(2,3)4)15-31(17-27)16-21-12-18-11-20(14-28-22(18)35-21)29-30-24(33)36-26(5,6)7/h11-12,14,19,29H,9-10,13,15-17H2,1-8H3,(H,30,33)/t19-,27-/m1/s1. The predicted molar refractivity (Wildman–Crippen MR) is 139 cm³/mol. The molecule has 2 N–H and O–H groups in total. The van der Waals surface area contributed by atoms with Crippen molar-refractivity contribution >= 4 is 28.8 Å². The number of rotatable bonds is 7. The van der Waals surface area contributed by atoms with E-state index in [1.54, 1.807) is 27.0 Å². The van der Waals surface area contributed by atoms with E-state index in [1.165, 1.54) is 7.11 Å². The number of esters is 1. The van der Waals surface area contributed by atoms with Crippen LogP contribution in [0.3, 0.4) is 0 Å². The Morgan fingerprint density at radius 3 is 2.56 bits per heavy atom. The summed E-state index contributed by atoms with van der Waals surface area (Å²) >= 11 is 0. The van der Waals surface area contributed by atoms with Gasteiger partial charge in [-0.1, -0.05) is 34.1 Å². The molecule has 9 nitrogen and oxygen atoms in total. The quantitative estimate of drug-likeness (QED) is 0.377. The van der Waals surface area contributed by atoms with Gasteiger partial charge < -0.3 is 13.9 Å². The van der Waals surface area contributed by atoms with Crippen molar-refractivity contribution in [2.75, 3.05) is 25.6 Å². The molecule has 2 atom stereocenters. The van der Waals surface area contributed by atoms with Crippen molar-refractivity contribution in [3.8, 4) is 0 Å². The van der Waals surface area contributed by atoms with Crippen molar-refractivity contribution in [1.82, 2.24) is 15.3 Å². The molecule has 0 aromatic carbocycles. The number of carbonyl (C=O) groups excluding carboxylic acids is 2. The Kier molecular flexibility index (Phi) is 8.23. The summed E-state index contributed by atoms with van der Waals surface area (Å²) in [4.78, 5) is 31.6. The van der Waals surface area contributed by atoms with Gasteiger partial charge in [-0.3, -0.25) is 15.1 Å². The van der Waals surface area contributed by atoms with Crippen LogP contribution < -0.4 is 10.9 Å². The molecular formula is C27H42N4O5. The molecule has 2 aromatic heterocycles. The molecule has 0 bridgehead atoms. The van der Waals surface area contributed by atoms with E-state index in [2.05, 4.69) is 48.4 Å². The smallest absolute Gasteiger partial charge is 0.426 e. The minimum Gasteiger partial charge on any atom is -0.469 e. The molecule has 0 spiro atoms. The van der Waals surface area contributed by atoms with Crippen LogP contribution in [0.25, 0.3) is 11.1 Å². The lowest BCUT2D eigenvalue weighted by atomic mass is 9.65. The lowest BCUT2D eigenvalue weighted by molar-refractivity contribution is -0.160. The van der Waals surface area contributed by atoms with Crippen LogP contribution in [0.5, 0.6) is 0 Å². The molecule has 1 aliphatic heterocycles. The van der Waals surface area contributed by atoms with E-state index < -0.39 is 17.1 Å². The Balaban J connectivity index is 1.76. The molecule has 3 rings (SSSR count). The second kappa shape index (κ2) is 10.7. The molecule has 1 amide bonds. The fourth-order valence-corrected chi connectivity index (χ4v) is 5.01. The second-order valence-corrected chi connectivity index (χ2v) is 12.0. The van der Waals surface area contributed by atoms with Crippen LogP contribution in [-0.4, -0.2) is 47.7 Å². The molecule has 2 aromatic rings. The molecule has 200 valence electrons. The number of likely N-dealkylation sites (tertiary alicyclic amines) is 1. The summed E-state index contributed by atoms with van der Waals surface area (Å²) in [6, 6.07) is 3.82. The van der Waals surface area contributed by atoms with Crippen LogP contribution in [-0.2, 0) is 20.8 Å². The summed E-state index contributed by atoms with van der Waals surface area (Å²) in [5.41, 5.74) is 5.42. The van der Waals surface area contributed by atoms with E-state index in [1.807, 2.05) is 12.1 Å². The summed E-state index contributed by atoms with van der Waals surface area (Å²) in [7, 11) is 1.49. The Morgan fingerprint density at radius 1 is 1.22 bits per heavy atom. The first-order chi connectivity index (χ1) is 16.7. The van der Waals surface area contributed by atoms with Gasteiger partial charge in [0.1, 0.15) is 11.4 Å². The zero-order chi connectivity index (χ0) is 26.7. The van der Waals surface area contributed by atoms with E-state index >= 15 is 0 Å². The zero-order valence-corrected chi connectivity index (χ0v) is 23.0. The molecule has 0 saturated carbocycles. The number of piperidine rings is 1. The van der Waals surface area contributed by atoms with Crippen molar-refractivity contribution in [3.05, 3.63) is 24.1 Å². The molecule has 0 radical (unpaired) electrons. The maximum atomic E-state index is 13.0. The van der Waals surface area contributed by atoms with Crippen LogP contribution in [0.15, 0.2) is 22.7 Å². The fourth-order valence-electron chi connectivity index (χ4n) is 5.01. The number of anilines is 1. The third-order valence-electron chi connectivity index (χ3n) is 6.72. The number of hydrazine groups is 1. The van der Waals surface area contributed by atoms with Crippen molar-refractivity contribution < 1.29 is 23.5 Å². The Labute approximate surface area is 214 Å². The summed E-state index contributed by atoms with van der Waals surface area (Å²) in [6.45, 7) is 16.3. The van der Waals surface area contributed by atoms with E-state index in [-0.39, 0.29) is 11.4 Å². The SMILES string of the molecule is CCC[C@@]1(C(=O)OC)C[C@@H](C(C)(C)C)CN(Cc2cc3cc(NNC(=O)OC(C)(C)C)cnc3o2)C1. The summed E-state index contributed by atoms with van der Waals surface area (Å²) in [5, 5.41) is 0.818. The highest BCUT2D eigenvalue weighted by molar-refractivity contribution is 5.79. The van der Waals surface area contributed by atoms with E-state index in [4.69, 9.17) is 13.9 Å². The van der Waals surface area contributed by atoms with Crippen molar-refractivity contribution in [3.63, 3.8) is 0 Å². The third-order valence-corrected chi connectivity index (χ3v) is 6.72. The summed E-state index contributed by atoms with van der Waals surface area (Å²) in [6.07, 6.45) is 3.56. The van der Waals surface area contributed by atoms with Crippen LogP contribution in [0, 0.1) is 16.7 Å². The number of nitrogens with zero attached hydrogens (tertiary/aromatic N) is 2. The average Bonchev–Trinajstić information content (AvgIpc) is 3.16. The van der Waals surface area contributed by atoms with Gasteiger partial charge in [0.25, 0.3) is 0 Å². The molecule has 1 fully saturated rings. The zero-order valence-electron chi connectivity index (χ0n) is 23.0. The molecule has 0 unspecified atom stereocenters. The highest BCUT2D eigenvalue weighted by atomic mass is 16.6. The Morgan fingerprint density at radius 2 is 1.94 bits per heavy atom. The van der Waals surface area contributed by atoms with E-state index in [9.17, 15) is 9.59 Å². The third kappa shape index (κ3) is 6.90. The molecular weight excluding hydrogens is 460 g/mol. The number of fused-ring (bicyclic) bond motifs is 1. The second-order valence-electron chi connectivity index (χ2n) is 12.0. The minimum absolute atomic E-state index is 0.0584. The van der Waals surface area contributed by atoms with Gasteiger partial charge in [0, 0.05) is 18.5 Å². The van der Waals surface area contributed by atoms with Gasteiger partial charge in [0.05, 0.1) is 31.0 Å². The van der Waals surface area contributed by atoms with Gasteiger partial charge in [-0.05, 0) is 57.1 Å². The van der Waals surface area contributed by atoms with Gasteiger partial charge in [-0.15, -0.1) is 0 Å². The molecule has 3 heterocycles. The minimum atomic E-state index is -0.587. The van der Waals surface area contributed by atoms with Crippen LogP contribution >= 0.6 is 0 Å². The highest BCUT2D eigenvalue weighted by Gasteiger charge is 2.48. The number of hydrogen-bond acceptors (Lipinski definition) is 8. The number of ether oxygens (including phenoxy) is 2. The average molecular weight is 503 g/mol. The first kappa shape index (κ1) is 27.8. The number of aromatic nitrogens is 1. The maximum Gasteiger partial charge on any atom is 0.426 e. The molecule has 0 aliphatic carbocycles. The normalized spacial score (nSPS) is 21.3.